The topological polar surface area (TPSA) is 78.4 Å². The van der Waals surface area contributed by atoms with Crippen LogP contribution in [0.2, 0.25) is 0 Å². The van der Waals surface area contributed by atoms with Crippen LogP contribution >= 0.6 is 0 Å². The van der Waals surface area contributed by atoms with Gasteiger partial charge in [0.1, 0.15) is 0 Å². The maximum Gasteiger partial charge on any atom is 0.315 e. The quantitative estimate of drug-likeness (QED) is 0.664. The van der Waals surface area contributed by atoms with E-state index < -0.39 is 11.9 Å². The molecule has 0 aromatic rings. The molecule has 0 spiro atoms. The van der Waals surface area contributed by atoms with Crippen LogP contribution in [0.4, 0.5) is 4.79 Å². The van der Waals surface area contributed by atoms with Crippen molar-refractivity contribution >= 4 is 12.0 Å². The molecule has 1 rings (SSSR count). The maximum absolute atomic E-state index is 11.8. The van der Waals surface area contributed by atoms with Crippen molar-refractivity contribution in [3.05, 3.63) is 0 Å². The molecule has 1 saturated carbocycles. The predicted octanol–water partition coefficient (Wildman–Crippen LogP) is 2.37. The first-order valence-electron chi connectivity index (χ1n) is 7.17. The molecule has 1 aliphatic carbocycles. The Morgan fingerprint density at radius 3 is 2.32 bits per heavy atom. The fourth-order valence-electron chi connectivity index (χ4n) is 2.51. The molecule has 5 nitrogen and oxygen atoms in total. The minimum atomic E-state index is -0.845. The lowest BCUT2D eigenvalue weighted by Gasteiger charge is -2.41. The summed E-state index contributed by atoms with van der Waals surface area (Å²) in [5.74, 6) is -1.05. The van der Waals surface area contributed by atoms with Crippen LogP contribution in [0.15, 0.2) is 0 Å². The standard InChI is InChI=1S/C14H26N2O3/c1-4-14(6-5-7-14)16-13(19)15-9-11(12(17)18)8-10(2)3/h10-11H,4-9H2,1-3H3,(H,17,18)(H2,15,16,19). The van der Waals surface area contributed by atoms with Crippen LogP contribution in [0.5, 0.6) is 0 Å². The number of carbonyl (C=O) groups excluding carboxylic acids is 1. The molecule has 0 aromatic carbocycles. The van der Waals surface area contributed by atoms with Gasteiger partial charge in [0.05, 0.1) is 5.92 Å². The van der Waals surface area contributed by atoms with Crippen LogP contribution < -0.4 is 10.6 Å². The highest BCUT2D eigenvalue weighted by molar-refractivity contribution is 5.76. The van der Waals surface area contributed by atoms with E-state index in [2.05, 4.69) is 17.6 Å². The number of nitrogens with one attached hydrogen (secondary N) is 2. The zero-order valence-corrected chi connectivity index (χ0v) is 12.2. The van der Waals surface area contributed by atoms with Crippen molar-refractivity contribution in [2.45, 2.75) is 58.4 Å². The van der Waals surface area contributed by atoms with Gasteiger partial charge in [0, 0.05) is 12.1 Å². The Labute approximate surface area is 115 Å². The molecule has 0 heterocycles. The molecule has 0 bridgehead atoms. The number of rotatable bonds is 7. The smallest absolute Gasteiger partial charge is 0.315 e. The van der Waals surface area contributed by atoms with Crippen molar-refractivity contribution in [2.24, 2.45) is 11.8 Å². The summed E-state index contributed by atoms with van der Waals surface area (Å²) in [7, 11) is 0. The molecule has 1 aliphatic rings. The molecule has 0 aliphatic heterocycles. The zero-order chi connectivity index (χ0) is 14.5. The van der Waals surface area contributed by atoms with Gasteiger partial charge in [-0.2, -0.15) is 0 Å². The van der Waals surface area contributed by atoms with E-state index in [1.807, 2.05) is 13.8 Å². The van der Waals surface area contributed by atoms with E-state index in [9.17, 15) is 9.59 Å². The van der Waals surface area contributed by atoms with E-state index in [4.69, 9.17) is 5.11 Å². The largest absolute Gasteiger partial charge is 0.481 e. The second-order valence-electron chi connectivity index (χ2n) is 5.99. The molecule has 5 heteroatoms. The fraction of sp³-hybridized carbons (Fsp3) is 0.857. The van der Waals surface area contributed by atoms with Gasteiger partial charge in [-0.25, -0.2) is 4.79 Å². The van der Waals surface area contributed by atoms with E-state index >= 15 is 0 Å². The van der Waals surface area contributed by atoms with E-state index in [0.29, 0.717) is 12.3 Å². The van der Waals surface area contributed by atoms with Crippen LogP contribution in [0, 0.1) is 11.8 Å². The monoisotopic (exact) mass is 270 g/mol. The Morgan fingerprint density at radius 1 is 1.32 bits per heavy atom. The van der Waals surface area contributed by atoms with Gasteiger partial charge in [-0.1, -0.05) is 20.8 Å². The van der Waals surface area contributed by atoms with Crippen molar-refractivity contribution in [1.29, 1.82) is 0 Å². The predicted molar refractivity (Wildman–Crippen MR) is 74.0 cm³/mol. The number of carboxylic acids is 1. The highest BCUT2D eigenvalue weighted by Gasteiger charge is 2.36. The van der Waals surface area contributed by atoms with Crippen molar-refractivity contribution in [1.82, 2.24) is 10.6 Å². The molecule has 2 amide bonds. The van der Waals surface area contributed by atoms with Crippen LogP contribution in [0.25, 0.3) is 0 Å². The number of carbonyl (C=O) groups is 2. The normalized spacial score (nSPS) is 18.5. The van der Waals surface area contributed by atoms with Crippen molar-refractivity contribution < 1.29 is 14.7 Å². The van der Waals surface area contributed by atoms with E-state index in [0.717, 1.165) is 25.7 Å². The van der Waals surface area contributed by atoms with Gasteiger partial charge >= 0.3 is 12.0 Å². The second kappa shape index (κ2) is 6.78. The number of aliphatic carboxylic acids is 1. The Balaban J connectivity index is 2.37. The zero-order valence-electron chi connectivity index (χ0n) is 12.2. The summed E-state index contributed by atoms with van der Waals surface area (Å²) >= 11 is 0. The molecule has 1 fully saturated rings. The Kier molecular flexibility index (Phi) is 5.63. The van der Waals surface area contributed by atoms with Crippen LogP contribution in [0.1, 0.15) is 52.9 Å². The lowest BCUT2D eigenvalue weighted by atomic mass is 9.75. The lowest BCUT2D eigenvalue weighted by Crippen LogP contribution is -2.56. The number of urea groups is 1. The van der Waals surface area contributed by atoms with E-state index in [1.54, 1.807) is 0 Å². The Morgan fingerprint density at radius 2 is 1.95 bits per heavy atom. The van der Waals surface area contributed by atoms with Gasteiger partial charge in [0.2, 0.25) is 0 Å². The molecule has 0 radical (unpaired) electrons. The molecule has 110 valence electrons. The van der Waals surface area contributed by atoms with Crippen molar-refractivity contribution in [2.75, 3.05) is 6.54 Å². The van der Waals surface area contributed by atoms with Crippen molar-refractivity contribution in [3.63, 3.8) is 0 Å². The minimum absolute atomic E-state index is 0.0547. The second-order valence-corrected chi connectivity index (χ2v) is 5.99. The van der Waals surface area contributed by atoms with Crippen LogP contribution in [-0.4, -0.2) is 29.2 Å². The van der Waals surface area contributed by atoms with Gasteiger partial charge in [0.25, 0.3) is 0 Å². The highest BCUT2D eigenvalue weighted by Crippen LogP contribution is 2.34. The van der Waals surface area contributed by atoms with Gasteiger partial charge < -0.3 is 15.7 Å². The Hall–Kier alpha value is -1.26. The first-order valence-corrected chi connectivity index (χ1v) is 7.17. The minimum Gasteiger partial charge on any atom is -0.481 e. The molecule has 19 heavy (non-hydrogen) atoms. The maximum atomic E-state index is 11.8. The van der Waals surface area contributed by atoms with Gasteiger partial charge in [-0.05, 0) is 38.0 Å². The first kappa shape index (κ1) is 15.8. The van der Waals surface area contributed by atoms with Gasteiger partial charge in [-0.3, -0.25) is 4.79 Å². The van der Waals surface area contributed by atoms with E-state index in [1.165, 1.54) is 0 Å². The molecular weight excluding hydrogens is 244 g/mol. The third-order valence-corrected chi connectivity index (χ3v) is 3.98. The summed E-state index contributed by atoms with van der Waals surface area (Å²) < 4.78 is 0. The first-order chi connectivity index (χ1) is 8.88. The molecule has 3 N–H and O–H groups in total. The average molecular weight is 270 g/mol. The number of carboxylic acid groups (broad SMARTS) is 1. The van der Waals surface area contributed by atoms with E-state index in [-0.39, 0.29) is 18.1 Å². The SMILES string of the molecule is CCC1(NC(=O)NCC(CC(C)C)C(=O)O)CCC1. The molecule has 0 saturated heterocycles. The third-order valence-electron chi connectivity index (χ3n) is 3.98. The van der Waals surface area contributed by atoms with Crippen LogP contribution in [-0.2, 0) is 4.79 Å². The van der Waals surface area contributed by atoms with Gasteiger partial charge in [-0.15, -0.1) is 0 Å². The molecule has 1 atom stereocenters. The van der Waals surface area contributed by atoms with Crippen LogP contribution in [0.3, 0.4) is 0 Å². The van der Waals surface area contributed by atoms with Crippen molar-refractivity contribution in [3.8, 4) is 0 Å². The Bertz CT molecular complexity index is 319. The summed E-state index contributed by atoms with van der Waals surface area (Å²) in [6, 6.07) is -0.239. The summed E-state index contributed by atoms with van der Waals surface area (Å²) in [6.07, 6.45) is 4.69. The molecule has 0 aromatic heterocycles. The third kappa shape index (κ3) is 4.73. The summed E-state index contributed by atoms with van der Waals surface area (Å²) in [4.78, 5) is 22.9. The average Bonchev–Trinajstić information content (AvgIpc) is 2.28. The molecular formula is C14H26N2O3. The number of hydrogen-bond donors (Lipinski definition) is 3. The number of amides is 2. The summed E-state index contributed by atoms with van der Waals surface area (Å²) in [5, 5.41) is 14.8. The summed E-state index contributed by atoms with van der Waals surface area (Å²) in [6.45, 7) is 6.23. The fourth-order valence-corrected chi connectivity index (χ4v) is 2.51. The van der Waals surface area contributed by atoms with Gasteiger partial charge in [0.15, 0.2) is 0 Å². The number of hydrogen-bond acceptors (Lipinski definition) is 2. The lowest BCUT2D eigenvalue weighted by molar-refractivity contribution is -0.142. The highest BCUT2D eigenvalue weighted by atomic mass is 16.4. The molecule has 1 unspecified atom stereocenters. The summed E-state index contributed by atoms with van der Waals surface area (Å²) in [5.41, 5.74) is -0.0547.